The molecule has 5 heteroatoms. The molecule has 0 bridgehead atoms. The number of esters is 1. The second-order valence-corrected chi connectivity index (χ2v) is 7.42. The highest BCUT2D eigenvalue weighted by Gasteiger charge is 2.40. The van der Waals surface area contributed by atoms with Gasteiger partial charge in [0.05, 0.1) is 25.2 Å². The van der Waals surface area contributed by atoms with Crippen LogP contribution in [0.2, 0.25) is 0 Å². The van der Waals surface area contributed by atoms with E-state index in [-0.39, 0.29) is 31.2 Å². The third-order valence-electron chi connectivity index (χ3n) is 3.15. The van der Waals surface area contributed by atoms with Crippen LogP contribution in [0, 0.1) is 5.92 Å². The summed E-state index contributed by atoms with van der Waals surface area (Å²) in [6.45, 7) is 11.5. The minimum atomic E-state index is -0.757. The summed E-state index contributed by atoms with van der Waals surface area (Å²) in [6.07, 6.45) is 0.826. The van der Waals surface area contributed by atoms with E-state index in [9.17, 15) is 9.90 Å². The monoisotopic (exact) mass is 302 g/mol. The van der Waals surface area contributed by atoms with Crippen molar-refractivity contribution in [2.75, 3.05) is 6.61 Å². The fourth-order valence-corrected chi connectivity index (χ4v) is 2.77. The Morgan fingerprint density at radius 1 is 1.33 bits per heavy atom. The Kier molecular flexibility index (Phi) is 6.20. The third-order valence-corrected chi connectivity index (χ3v) is 3.15. The van der Waals surface area contributed by atoms with Gasteiger partial charge in [0.1, 0.15) is 5.60 Å². The highest BCUT2D eigenvalue weighted by Crippen LogP contribution is 2.33. The summed E-state index contributed by atoms with van der Waals surface area (Å²) in [6, 6.07) is 0. The summed E-state index contributed by atoms with van der Waals surface area (Å²) in [5, 5.41) is 9.40. The van der Waals surface area contributed by atoms with Crippen molar-refractivity contribution in [2.24, 2.45) is 5.92 Å². The third kappa shape index (κ3) is 6.76. The molecule has 0 aromatic rings. The largest absolute Gasteiger partial charge is 0.460 e. The zero-order valence-corrected chi connectivity index (χ0v) is 14.1. The highest BCUT2D eigenvalue weighted by molar-refractivity contribution is 5.70. The Balaban J connectivity index is 2.66. The normalized spacial score (nSPS) is 30.5. The molecule has 124 valence electrons. The van der Waals surface area contributed by atoms with Gasteiger partial charge in [0.15, 0.2) is 5.79 Å². The fourth-order valence-electron chi connectivity index (χ4n) is 2.77. The smallest absolute Gasteiger partial charge is 0.308 e. The summed E-state index contributed by atoms with van der Waals surface area (Å²) in [4.78, 5) is 11.9. The Morgan fingerprint density at radius 2 is 1.90 bits per heavy atom. The van der Waals surface area contributed by atoms with Crippen LogP contribution in [0.3, 0.4) is 0 Å². The molecule has 21 heavy (non-hydrogen) atoms. The molecule has 1 N–H and O–H groups in total. The number of ether oxygens (including phenoxy) is 3. The maximum absolute atomic E-state index is 11.9. The van der Waals surface area contributed by atoms with Crippen LogP contribution in [-0.4, -0.2) is 41.3 Å². The van der Waals surface area contributed by atoms with Crippen molar-refractivity contribution in [3.63, 3.8) is 0 Å². The van der Waals surface area contributed by atoms with Crippen molar-refractivity contribution in [1.29, 1.82) is 0 Å². The number of rotatable bonds is 5. The molecule has 1 aliphatic heterocycles. The number of aliphatic hydroxyl groups excluding tert-OH is 1. The lowest BCUT2D eigenvalue weighted by molar-refractivity contribution is -0.318. The van der Waals surface area contributed by atoms with Gasteiger partial charge < -0.3 is 19.3 Å². The fraction of sp³-hybridized carbons (Fsp3) is 0.938. The molecule has 0 saturated carbocycles. The molecule has 0 radical (unpaired) electrons. The van der Waals surface area contributed by atoms with E-state index in [2.05, 4.69) is 13.8 Å². The molecule has 3 atom stereocenters. The van der Waals surface area contributed by atoms with Crippen molar-refractivity contribution < 1.29 is 24.1 Å². The molecule has 1 unspecified atom stereocenters. The summed E-state index contributed by atoms with van der Waals surface area (Å²) >= 11 is 0. The van der Waals surface area contributed by atoms with Crippen LogP contribution in [0.5, 0.6) is 0 Å². The first-order chi connectivity index (χ1) is 9.53. The molecule has 1 saturated heterocycles. The van der Waals surface area contributed by atoms with Crippen molar-refractivity contribution in [2.45, 2.75) is 84.4 Å². The Bertz CT molecular complexity index is 347. The molecular weight excluding hydrogens is 272 g/mol. The van der Waals surface area contributed by atoms with Gasteiger partial charge in [0.2, 0.25) is 0 Å². The number of hydrogen-bond donors (Lipinski definition) is 1. The van der Waals surface area contributed by atoms with E-state index in [0.29, 0.717) is 18.8 Å². The lowest BCUT2D eigenvalue weighted by atomic mass is 9.99. The minimum absolute atomic E-state index is 0.0676. The van der Waals surface area contributed by atoms with E-state index in [0.717, 1.165) is 0 Å². The van der Waals surface area contributed by atoms with Crippen LogP contribution < -0.4 is 0 Å². The quantitative estimate of drug-likeness (QED) is 0.791. The molecule has 1 rings (SSSR count). The predicted octanol–water partition coefficient (Wildman–Crippen LogP) is 2.65. The van der Waals surface area contributed by atoms with Crippen LogP contribution >= 0.6 is 0 Å². The lowest BCUT2D eigenvalue weighted by Gasteiger charge is -2.43. The first-order valence-corrected chi connectivity index (χ1v) is 7.71. The SMILES string of the molecule is CC(C)CC1(C)O[C@H](CO)C[C@H](CC(=O)OC(C)(C)C)O1. The van der Waals surface area contributed by atoms with E-state index in [1.54, 1.807) is 0 Å². The molecule has 1 fully saturated rings. The molecule has 5 nitrogen and oxygen atoms in total. The van der Waals surface area contributed by atoms with Crippen LogP contribution in [0.25, 0.3) is 0 Å². The van der Waals surface area contributed by atoms with Gasteiger partial charge in [0.25, 0.3) is 0 Å². The van der Waals surface area contributed by atoms with E-state index >= 15 is 0 Å². The molecule has 0 aliphatic carbocycles. The maximum Gasteiger partial charge on any atom is 0.308 e. The number of carbonyl (C=O) groups is 1. The van der Waals surface area contributed by atoms with Gasteiger partial charge in [-0.1, -0.05) is 13.8 Å². The first kappa shape index (κ1) is 18.4. The molecule has 0 spiro atoms. The van der Waals surface area contributed by atoms with Gasteiger partial charge in [-0.2, -0.15) is 0 Å². The topological polar surface area (TPSA) is 65.0 Å². The molecular formula is C16H30O5. The van der Waals surface area contributed by atoms with Crippen LogP contribution in [0.1, 0.15) is 60.8 Å². The Hall–Kier alpha value is -0.650. The highest BCUT2D eigenvalue weighted by atomic mass is 16.7. The maximum atomic E-state index is 11.9. The van der Waals surface area contributed by atoms with Gasteiger partial charge in [-0.05, 0) is 33.6 Å². The van der Waals surface area contributed by atoms with E-state index in [4.69, 9.17) is 14.2 Å². The Labute approximate surface area is 128 Å². The van der Waals surface area contributed by atoms with Crippen LogP contribution in [-0.2, 0) is 19.0 Å². The lowest BCUT2D eigenvalue weighted by Crippen LogP contribution is -2.49. The zero-order chi connectivity index (χ0) is 16.3. The van der Waals surface area contributed by atoms with E-state index in [1.807, 2.05) is 27.7 Å². The average Bonchev–Trinajstić information content (AvgIpc) is 2.23. The second kappa shape index (κ2) is 7.07. The van der Waals surface area contributed by atoms with Gasteiger partial charge in [0, 0.05) is 12.8 Å². The van der Waals surface area contributed by atoms with Crippen LogP contribution in [0.15, 0.2) is 0 Å². The molecule has 1 aliphatic rings. The second-order valence-electron chi connectivity index (χ2n) is 7.42. The minimum Gasteiger partial charge on any atom is -0.460 e. The predicted molar refractivity (Wildman–Crippen MR) is 79.8 cm³/mol. The summed E-state index contributed by atoms with van der Waals surface area (Å²) < 4.78 is 17.1. The molecule has 0 aromatic carbocycles. The van der Waals surface area contributed by atoms with Crippen molar-refractivity contribution in [1.82, 2.24) is 0 Å². The number of carbonyl (C=O) groups excluding carboxylic acids is 1. The van der Waals surface area contributed by atoms with Gasteiger partial charge in [-0.3, -0.25) is 4.79 Å². The number of aliphatic hydroxyl groups is 1. The summed E-state index contributed by atoms with van der Waals surface area (Å²) in [5.41, 5.74) is -0.500. The summed E-state index contributed by atoms with van der Waals surface area (Å²) in [7, 11) is 0. The van der Waals surface area contributed by atoms with Crippen molar-refractivity contribution in [3.8, 4) is 0 Å². The van der Waals surface area contributed by atoms with Crippen LogP contribution in [0.4, 0.5) is 0 Å². The zero-order valence-electron chi connectivity index (χ0n) is 14.1. The van der Waals surface area contributed by atoms with Gasteiger partial charge in [-0.15, -0.1) is 0 Å². The standard InChI is InChI=1S/C16H30O5/c1-11(2)9-16(6)19-12(7-13(10-17)20-16)8-14(18)21-15(3,4)5/h11-13,17H,7-10H2,1-6H3/t12-,13+,16?/m1/s1. The number of hydrogen-bond acceptors (Lipinski definition) is 5. The summed E-state index contributed by atoms with van der Waals surface area (Å²) in [5.74, 6) is -0.639. The van der Waals surface area contributed by atoms with E-state index < -0.39 is 11.4 Å². The molecule has 0 amide bonds. The Morgan fingerprint density at radius 3 is 2.38 bits per heavy atom. The van der Waals surface area contributed by atoms with E-state index in [1.165, 1.54) is 0 Å². The van der Waals surface area contributed by atoms with Gasteiger partial charge >= 0.3 is 5.97 Å². The van der Waals surface area contributed by atoms with Gasteiger partial charge in [-0.25, -0.2) is 0 Å². The average molecular weight is 302 g/mol. The molecule has 1 heterocycles. The van der Waals surface area contributed by atoms with Crippen molar-refractivity contribution in [3.05, 3.63) is 0 Å². The molecule has 0 aromatic heterocycles. The first-order valence-electron chi connectivity index (χ1n) is 7.71. The van der Waals surface area contributed by atoms with Crippen molar-refractivity contribution >= 4 is 5.97 Å².